The number of phenols is 2. The van der Waals surface area contributed by atoms with Crippen molar-refractivity contribution in [3.05, 3.63) is 35.9 Å². The molecule has 0 amide bonds. The zero-order valence-corrected chi connectivity index (χ0v) is 7.28. The molecule has 0 unspecified atom stereocenters. The van der Waals surface area contributed by atoms with E-state index in [0.29, 0.717) is 10.8 Å². The normalized spacial score (nSPS) is 10.5. The standard InChI is InChI=1S/C11H10O2/c1-7-2-3-8-9(6-7)11(13)5-4-10(8)12/h2-6,12-13H,1H3. The van der Waals surface area contributed by atoms with Crippen LogP contribution in [0.25, 0.3) is 10.8 Å². The molecule has 0 aliphatic heterocycles. The number of hydrogen-bond acceptors (Lipinski definition) is 2. The average Bonchev–Trinajstić information content (AvgIpc) is 2.12. The molecular weight excluding hydrogens is 164 g/mol. The van der Waals surface area contributed by atoms with Crippen LogP contribution in [0.4, 0.5) is 0 Å². The zero-order chi connectivity index (χ0) is 9.42. The van der Waals surface area contributed by atoms with E-state index in [-0.39, 0.29) is 11.5 Å². The van der Waals surface area contributed by atoms with E-state index in [1.807, 2.05) is 19.1 Å². The first-order valence-electron chi connectivity index (χ1n) is 4.10. The lowest BCUT2D eigenvalue weighted by molar-refractivity contribution is 0.469. The molecule has 2 aromatic rings. The molecule has 0 radical (unpaired) electrons. The third-order valence-electron chi connectivity index (χ3n) is 2.13. The van der Waals surface area contributed by atoms with E-state index in [1.165, 1.54) is 12.1 Å². The van der Waals surface area contributed by atoms with Gasteiger partial charge in [-0.2, -0.15) is 0 Å². The van der Waals surface area contributed by atoms with Gasteiger partial charge in [0, 0.05) is 10.8 Å². The molecule has 0 fully saturated rings. The summed E-state index contributed by atoms with van der Waals surface area (Å²) in [5.74, 6) is 0.407. The van der Waals surface area contributed by atoms with Gasteiger partial charge in [0.2, 0.25) is 0 Å². The fraction of sp³-hybridized carbons (Fsp3) is 0.0909. The molecule has 0 bridgehead atoms. The molecule has 2 N–H and O–H groups in total. The van der Waals surface area contributed by atoms with Gasteiger partial charge >= 0.3 is 0 Å². The van der Waals surface area contributed by atoms with Crippen molar-refractivity contribution in [3.63, 3.8) is 0 Å². The molecule has 2 aromatic carbocycles. The summed E-state index contributed by atoms with van der Waals surface area (Å²) in [7, 11) is 0. The van der Waals surface area contributed by atoms with Crippen molar-refractivity contribution in [3.8, 4) is 11.5 Å². The Morgan fingerprint density at radius 1 is 0.846 bits per heavy atom. The lowest BCUT2D eigenvalue weighted by atomic mass is 10.1. The summed E-state index contributed by atoms with van der Waals surface area (Å²) in [6.45, 7) is 1.95. The van der Waals surface area contributed by atoms with Crippen LogP contribution in [0.1, 0.15) is 5.56 Å². The summed E-state index contributed by atoms with van der Waals surface area (Å²) in [6, 6.07) is 8.55. The maximum Gasteiger partial charge on any atom is 0.123 e. The summed E-state index contributed by atoms with van der Waals surface area (Å²) in [5, 5.41) is 20.4. The van der Waals surface area contributed by atoms with Crippen LogP contribution >= 0.6 is 0 Å². The van der Waals surface area contributed by atoms with Crippen LogP contribution in [-0.4, -0.2) is 10.2 Å². The van der Waals surface area contributed by atoms with E-state index < -0.39 is 0 Å². The zero-order valence-electron chi connectivity index (χ0n) is 7.28. The van der Waals surface area contributed by atoms with Crippen molar-refractivity contribution in [2.45, 2.75) is 6.92 Å². The number of benzene rings is 2. The average molecular weight is 174 g/mol. The van der Waals surface area contributed by atoms with Crippen molar-refractivity contribution >= 4 is 10.8 Å². The number of aromatic hydroxyl groups is 2. The second-order valence-corrected chi connectivity index (χ2v) is 3.15. The number of fused-ring (bicyclic) bond motifs is 1. The van der Waals surface area contributed by atoms with Crippen LogP contribution in [0, 0.1) is 6.92 Å². The van der Waals surface area contributed by atoms with Gasteiger partial charge in [-0.15, -0.1) is 0 Å². The van der Waals surface area contributed by atoms with Crippen molar-refractivity contribution in [2.24, 2.45) is 0 Å². The first-order chi connectivity index (χ1) is 6.18. The Hall–Kier alpha value is -1.70. The van der Waals surface area contributed by atoms with E-state index >= 15 is 0 Å². The van der Waals surface area contributed by atoms with Gasteiger partial charge in [0.05, 0.1) is 0 Å². The topological polar surface area (TPSA) is 40.5 Å². The Morgan fingerprint density at radius 3 is 2.15 bits per heavy atom. The Kier molecular flexibility index (Phi) is 1.62. The maximum absolute atomic E-state index is 9.51. The predicted octanol–water partition coefficient (Wildman–Crippen LogP) is 2.56. The Balaban J connectivity index is 2.92. The monoisotopic (exact) mass is 174 g/mol. The molecule has 0 aromatic heterocycles. The van der Waals surface area contributed by atoms with Crippen LogP contribution in [0.5, 0.6) is 11.5 Å². The minimum atomic E-state index is 0.202. The van der Waals surface area contributed by atoms with Crippen LogP contribution in [-0.2, 0) is 0 Å². The summed E-state index contributed by atoms with van der Waals surface area (Å²) in [6.07, 6.45) is 0. The van der Waals surface area contributed by atoms with Crippen LogP contribution in [0.3, 0.4) is 0 Å². The Bertz CT molecular complexity index is 461. The van der Waals surface area contributed by atoms with Gasteiger partial charge in [-0.25, -0.2) is 0 Å². The number of phenolic OH excluding ortho intramolecular Hbond substituents is 2. The molecule has 0 saturated heterocycles. The molecule has 0 heterocycles. The Labute approximate surface area is 76.1 Å². The minimum Gasteiger partial charge on any atom is -0.507 e. The summed E-state index contributed by atoms with van der Waals surface area (Å²) < 4.78 is 0. The van der Waals surface area contributed by atoms with Crippen LogP contribution < -0.4 is 0 Å². The van der Waals surface area contributed by atoms with Gasteiger partial charge in [-0.1, -0.05) is 17.7 Å². The van der Waals surface area contributed by atoms with E-state index in [0.717, 1.165) is 5.56 Å². The largest absolute Gasteiger partial charge is 0.507 e. The predicted molar refractivity (Wildman–Crippen MR) is 52.0 cm³/mol. The molecule has 13 heavy (non-hydrogen) atoms. The SMILES string of the molecule is Cc1ccc2c(O)ccc(O)c2c1. The van der Waals surface area contributed by atoms with E-state index in [9.17, 15) is 10.2 Å². The van der Waals surface area contributed by atoms with Crippen molar-refractivity contribution < 1.29 is 10.2 Å². The molecule has 0 atom stereocenters. The quantitative estimate of drug-likeness (QED) is 0.602. The Morgan fingerprint density at radius 2 is 1.46 bits per heavy atom. The fourth-order valence-electron chi connectivity index (χ4n) is 1.43. The highest BCUT2D eigenvalue weighted by Gasteiger charge is 2.03. The summed E-state index contributed by atoms with van der Waals surface area (Å²) in [5.41, 5.74) is 1.06. The molecule has 2 heteroatoms. The fourth-order valence-corrected chi connectivity index (χ4v) is 1.43. The lowest BCUT2D eigenvalue weighted by Gasteiger charge is -2.03. The van der Waals surface area contributed by atoms with Crippen LogP contribution in [0.2, 0.25) is 0 Å². The van der Waals surface area contributed by atoms with Crippen molar-refractivity contribution in [1.29, 1.82) is 0 Å². The molecule has 2 nitrogen and oxygen atoms in total. The van der Waals surface area contributed by atoms with Crippen molar-refractivity contribution in [1.82, 2.24) is 0 Å². The van der Waals surface area contributed by atoms with Gasteiger partial charge in [-0.3, -0.25) is 0 Å². The first kappa shape index (κ1) is 7.92. The highest BCUT2D eigenvalue weighted by Crippen LogP contribution is 2.31. The van der Waals surface area contributed by atoms with Gasteiger partial charge < -0.3 is 10.2 Å². The number of aryl methyl sites for hydroxylation is 1. The lowest BCUT2D eigenvalue weighted by Crippen LogP contribution is -1.77. The van der Waals surface area contributed by atoms with Gasteiger partial charge in [-0.05, 0) is 25.1 Å². The van der Waals surface area contributed by atoms with Gasteiger partial charge in [0.25, 0.3) is 0 Å². The molecule has 66 valence electrons. The highest BCUT2D eigenvalue weighted by molar-refractivity contribution is 5.93. The molecule has 0 spiro atoms. The number of hydrogen-bond donors (Lipinski definition) is 2. The molecule has 0 aliphatic rings. The first-order valence-corrected chi connectivity index (χ1v) is 4.10. The van der Waals surface area contributed by atoms with E-state index in [2.05, 4.69) is 0 Å². The smallest absolute Gasteiger partial charge is 0.123 e. The van der Waals surface area contributed by atoms with E-state index in [4.69, 9.17) is 0 Å². The highest BCUT2D eigenvalue weighted by atomic mass is 16.3. The number of rotatable bonds is 0. The van der Waals surface area contributed by atoms with Crippen LogP contribution in [0.15, 0.2) is 30.3 Å². The van der Waals surface area contributed by atoms with Gasteiger partial charge in [0.15, 0.2) is 0 Å². The molecular formula is C11H10O2. The molecule has 2 rings (SSSR count). The second kappa shape index (κ2) is 2.66. The minimum absolute atomic E-state index is 0.202. The third-order valence-corrected chi connectivity index (χ3v) is 2.13. The van der Waals surface area contributed by atoms with Crippen molar-refractivity contribution in [2.75, 3.05) is 0 Å². The summed E-state index contributed by atoms with van der Waals surface area (Å²) >= 11 is 0. The van der Waals surface area contributed by atoms with Gasteiger partial charge in [0.1, 0.15) is 11.5 Å². The molecule has 0 aliphatic carbocycles. The second-order valence-electron chi connectivity index (χ2n) is 3.15. The molecule has 0 saturated carbocycles. The summed E-state index contributed by atoms with van der Waals surface area (Å²) in [4.78, 5) is 0. The third kappa shape index (κ3) is 1.20. The van der Waals surface area contributed by atoms with E-state index in [1.54, 1.807) is 6.07 Å². The maximum atomic E-state index is 9.51.